The second-order valence-corrected chi connectivity index (χ2v) is 5.66. The van der Waals surface area contributed by atoms with Crippen LogP contribution in [0, 0.1) is 23.1 Å². The molecule has 3 nitrogen and oxygen atoms in total. The number of carbonyl (C=O) groups is 1. The first-order chi connectivity index (χ1) is 10.7. The Balaban J connectivity index is 1.73. The minimum atomic E-state index is -0.375. The number of carbonyl (C=O) groups excluding carboxylic acids is 1. The van der Waals surface area contributed by atoms with E-state index in [0.717, 1.165) is 38.5 Å². The molecule has 1 aliphatic rings. The van der Waals surface area contributed by atoms with E-state index >= 15 is 0 Å². The molecule has 0 radical (unpaired) electrons. The van der Waals surface area contributed by atoms with E-state index in [1.807, 2.05) is 12.1 Å². The third-order valence-electron chi connectivity index (χ3n) is 4.08. The summed E-state index contributed by atoms with van der Waals surface area (Å²) < 4.78 is 18.3. The lowest BCUT2D eigenvalue weighted by Crippen LogP contribution is -2.24. The molecule has 22 heavy (non-hydrogen) atoms. The Labute approximate surface area is 130 Å². The van der Waals surface area contributed by atoms with Crippen molar-refractivity contribution in [2.24, 2.45) is 5.92 Å². The molecule has 0 saturated heterocycles. The van der Waals surface area contributed by atoms with Crippen molar-refractivity contribution >= 4 is 5.97 Å². The van der Waals surface area contributed by atoms with Crippen molar-refractivity contribution in [3.8, 4) is 6.07 Å². The van der Waals surface area contributed by atoms with Crippen LogP contribution in [0.15, 0.2) is 36.4 Å². The molecular formula is C18H20FNO2. The molecule has 0 atom stereocenters. The molecule has 1 saturated carbocycles. The molecule has 0 aliphatic heterocycles. The Hall–Kier alpha value is -2.15. The average molecular weight is 301 g/mol. The SMILES string of the molecule is N#CC=CCCC1CCC(OC(=O)c2ccc(F)cc2)CC1. The largest absolute Gasteiger partial charge is 0.459 e. The molecule has 2 rings (SSSR count). The van der Waals surface area contributed by atoms with Crippen molar-refractivity contribution in [2.45, 2.75) is 44.6 Å². The van der Waals surface area contributed by atoms with E-state index in [9.17, 15) is 9.18 Å². The van der Waals surface area contributed by atoms with Crippen LogP contribution in [0.25, 0.3) is 0 Å². The number of ether oxygens (including phenoxy) is 1. The number of hydrogen-bond acceptors (Lipinski definition) is 3. The van der Waals surface area contributed by atoms with E-state index < -0.39 is 0 Å². The van der Waals surface area contributed by atoms with Gasteiger partial charge in [-0.1, -0.05) is 6.08 Å². The van der Waals surface area contributed by atoms with E-state index in [2.05, 4.69) is 0 Å². The molecule has 0 spiro atoms. The molecule has 1 fully saturated rings. The van der Waals surface area contributed by atoms with Gasteiger partial charge in [0, 0.05) is 6.08 Å². The zero-order chi connectivity index (χ0) is 15.8. The first-order valence-electron chi connectivity index (χ1n) is 7.70. The highest BCUT2D eigenvalue weighted by Crippen LogP contribution is 2.30. The molecule has 0 N–H and O–H groups in total. The first kappa shape index (κ1) is 16.2. The van der Waals surface area contributed by atoms with Gasteiger partial charge in [0.2, 0.25) is 0 Å². The van der Waals surface area contributed by atoms with Crippen LogP contribution in [0.1, 0.15) is 48.9 Å². The molecule has 1 aromatic rings. The maximum atomic E-state index is 12.8. The number of halogens is 1. The summed E-state index contributed by atoms with van der Waals surface area (Å²) in [5.41, 5.74) is 0.394. The first-order valence-corrected chi connectivity index (χ1v) is 7.70. The number of nitrogens with zero attached hydrogens (tertiary/aromatic N) is 1. The average Bonchev–Trinajstić information content (AvgIpc) is 2.54. The van der Waals surface area contributed by atoms with Gasteiger partial charge in [0.25, 0.3) is 0 Å². The number of nitriles is 1. The van der Waals surface area contributed by atoms with Crippen LogP contribution in [-0.4, -0.2) is 12.1 Å². The maximum absolute atomic E-state index is 12.8. The molecule has 0 unspecified atom stereocenters. The van der Waals surface area contributed by atoms with E-state index in [1.165, 1.54) is 30.3 Å². The Morgan fingerprint density at radius 3 is 2.59 bits per heavy atom. The minimum Gasteiger partial charge on any atom is -0.459 e. The van der Waals surface area contributed by atoms with Crippen molar-refractivity contribution in [3.63, 3.8) is 0 Å². The summed E-state index contributed by atoms with van der Waals surface area (Å²) in [6.07, 6.45) is 9.23. The fourth-order valence-electron chi connectivity index (χ4n) is 2.81. The van der Waals surface area contributed by atoms with Gasteiger partial charge in [-0.15, -0.1) is 0 Å². The van der Waals surface area contributed by atoms with E-state index in [0.29, 0.717) is 11.5 Å². The fourth-order valence-corrected chi connectivity index (χ4v) is 2.81. The molecular weight excluding hydrogens is 281 g/mol. The Morgan fingerprint density at radius 1 is 1.27 bits per heavy atom. The van der Waals surface area contributed by atoms with Gasteiger partial charge >= 0.3 is 5.97 Å². The third kappa shape index (κ3) is 5.00. The second kappa shape index (κ2) is 8.33. The lowest BCUT2D eigenvalue weighted by molar-refractivity contribution is 0.0162. The van der Waals surface area contributed by atoms with E-state index in [4.69, 9.17) is 10.00 Å². The zero-order valence-corrected chi connectivity index (χ0v) is 12.5. The number of hydrogen-bond donors (Lipinski definition) is 0. The summed E-state index contributed by atoms with van der Waals surface area (Å²) in [4.78, 5) is 12.0. The van der Waals surface area contributed by atoms with Crippen LogP contribution >= 0.6 is 0 Å². The third-order valence-corrected chi connectivity index (χ3v) is 4.08. The molecule has 4 heteroatoms. The summed E-state index contributed by atoms with van der Waals surface area (Å²) in [5.74, 6) is -0.0907. The van der Waals surface area contributed by atoms with Crippen LogP contribution in [0.4, 0.5) is 4.39 Å². The minimum absolute atomic E-state index is 0.0385. The van der Waals surface area contributed by atoms with E-state index in [-0.39, 0.29) is 17.9 Å². The Bertz CT molecular complexity index is 551. The lowest BCUT2D eigenvalue weighted by atomic mass is 9.84. The van der Waals surface area contributed by atoms with Gasteiger partial charge in [-0.3, -0.25) is 0 Å². The number of esters is 1. The van der Waals surface area contributed by atoms with Gasteiger partial charge in [0.05, 0.1) is 11.6 Å². The van der Waals surface area contributed by atoms with Crippen LogP contribution < -0.4 is 0 Å². The van der Waals surface area contributed by atoms with Crippen molar-refractivity contribution in [2.75, 3.05) is 0 Å². The summed E-state index contributed by atoms with van der Waals surface area (Å²) in [5, 5.41) is 8.42. The molecule has 1 aromatic carbocycles. The fraction of sp³-hybridized carbons (Fsp3) is 0.444. The van der Waals surface area contributed by atoms with Crippen LogP contribution in [0.5, 0.6) is 0 Å². The van der Waals surface area contributed by atoms with Gasteiger partial charge in [0.1, 0.15) is 11.9 Å². The van der Waals surface area contributed by atoms with Crippen LogP contribution in [0.2, 0.25) is 0 Å². The smallest absolute Gasteiger partial charge is 0.338 e. The number of allylic oxidation sites excluding steroid dienone is 2. The summed E-state index contributed by atoms with van der Waals surface area (Å²) in [6.45, 7) is 0. The monoisotopic (exact) mass is 301 g/mol. The zero-order valence-electron chi connectivity index (χ0n) is 12.5. The number of benzene rings is 1. The van der Waals surface area contributed by atoms with E-state index in [1.54, 1.807) is 0 Å². The highest BCUT2D eigenvalue weighted by molar-refractivity contribution is 5.89. The quantitative estimate of drug-likeness (QED) is 0.598. The van der Waals surface area contributed by atoms with Crippen LogP contribution in [-0.2, 0) is 4.74 Å². The summed E-state index contributed by atoms with van der Waals surface area (Å²) >= 11 is 0. The van der Waals surface area contributed by atoms with Gasteiger partial charge in [0.15, 0.2) is 0 Å². The highest BCUT2D eigenvalue weighted by atomic mass is 19.1. The van der Waals surface area contributed by atoms with Crippen molar-refractivity contribution in [1.29, 1.82) is 5.26 Å². The predicted octanol–water partition coefficient (Wildman–Crippen LogP) is 4.40. The molecule has 0 bridgehead atoms. The summed E-state index contributed by atoms with van der Waals surface area (Å²) in [7, 11) is 0. The lowest BCUT2D eigenvalue weighted by Gasteiger charge is -2.28. The second-order valence-electron chi connectivity index (χ2n) is 5.66. The normalized spacial score (nSPS) is 21.5. The molecule has 0 aromatic heterocycles. The van der Waals surface area contributed by atoms with Gasteiger partial charge in [-0.25, -0.2) is 9.18 Å². The molecule has 0 amide bonds. The number of rotatable bonds is 5. The van der Waals surface area contributed by atoms with Crippen molar-refractivity contribution in [3.05, 3.63) is 47.8 Å². The predicted molar refractivity (Wildman–Crippen MR) is 81.5 cm³/mol. The molecule has 116 valence electrons. The molecule has 0 heterocycles. The topological polar surface area (TPSA) is 50.1 Å². The van der Waals surface area contributed by atoms with Gasteiger partial charge < -0.3 is 4.74 Å². The Morgan fingerprint density at radius 2 is 1.95 bits per heavy atom. The van der Waals surface area contributed by atoms with Crippen LogP contribution in [0.3, 0.4) is 0 Å². The van der Waals surface area contributed by atoms with Crippen molar-refractivity contribution in [1.82, 2.24) is 0 Å². The molecule has 1 aliphatic carbocycles. The summed E-state index contributed by atoms with van der Waals surface area (Å²) in [6, 6.07) is 7.42. The Kier molecular flexibility index (Phi) is 6.14. The van der Waals surface area contributed by atoms with Crippen molar-refractivity contribution < 1.29 is 13.9 Å². The standard InChI is InChI=1S/C18H20FNO2/c19-16-9-7-15(8-10-16)18(21)22-17-11-5-14(6-12-17)4-2-1-3-13-20/h1,3,7-10,14,17H,2,4-6,11-12H2. The van der Waals surface area contributed by atoms with Gasteiger partial charge in [-0.2, -0.15) is 5.26 Å². The maximum Gasteiger partial charge on any atom is 0.338 e. The highest BCUT2D eigenvalue weighted by Gasteiger charge is 2.23. The van der Waals surface area contributed by atoms with Gasteiger partial charge in [-0.05, 0) is 68.7 Å².